The van der Waals surface area contributed by atoms with Crippen molar-refractivity contribution in [1.29, 1.82) is 0 Å². The molecule has 0 bridgehead atoms. The molecule has 1 atom stereocenters. The Morgan fingerprint density at radius 1 is 1.13 bits per heavy atom. The van der Waals surface area contributed by atoms with Crippen LogP contribution in [0.2, 0.25) is 5.02 Å². The quantitative estimate of drug-likeness (QED) is 0.756. The van der Waals surface area contributed by atoms with Crippen molar-refractivity contribution in [2.75, 3.05) is 42.3 Å². The van der Waals surface area contributed by atoms with Crippen molar-refractivity contribution in [1.82, 2.24) is 4.90 Å². The lowest BCUT2D eigenvalue weighted by atomic mass is 10.0. The summed E-state index contributed by atoms with van der Waals surface area (Å²) < 4.78 is 0. The fourth-order valence-corrected chi connectivity index (χ4v) is 4.42. The Labute approximate surface area is 182 Å². The van der Waals surface area contributed by atoms with E-state index in [-0.39, 0.29) is 18.0 Å². The van der Waals surface area contributed by atoms with Gasteiger partial charge in [0.2, 0.25) is 5.91 Å². The average molecular weight is 427 g/mol. The fourth-order valence-electron chi connectivity index (χ4n) is 4.25. The molecule has 6 nitrogen and oxygen atoms in total. The predicted molar refractivity (Wildman–Crippen MR) is 122 cm³/mol. The van der Waals surface area contributed by atoms with E-state index < -0.39 is 0 Å². The molecule has 0 spiro atoms. The van der Waals surface area contributed by atoms with E-state index in [1.54, 1.807) is 17.0 Å². The molecule has 2 aliphatic rings. The number of rotatable bonds is 4. The van der Waals surface area contributed by atoms with Gasteiger partial charge >= 0.3 is 6.03 Å². The second kappa shape index (κ2) is 8.56. The van der Waals surface area contributed by atoms with Gasteiger partial charge in [-0.15, -0.1) is 0 Å². The van der Waals surface area contributed by atoms with E-state index in [1.165, 1.54) is 0 Å². The van der Waals surface area contributed by atoms with Gasteiger partial charge in [0.15, 0.2) is 0 Å². The smallest absolute Gasteiger partial charge is 0.322 e. The lowest BCUT2D eigenvalue weighted by molar-refractivity contribution is -0.117. The predicted octanol–water partition coefficient (Wildman–Crippen LogP) is 4.90. The molecule has 4 rings (SSSR count). The summed E-state index contributed by atoms with van der Waals surface area (Å²) >= 11 is 6.36. The van der Waals surface area contributed by atoms with Gasteiger partial charge in [0.1, 0.15) is 0 Å². The molecule has 0 saturated carbocycles. The topological polar surface area (TPSA) is 55.9 Å². The van der Waals surface area contributed by atoms with Gasteiger partial charge in [0.25, 0.3) is 0 Å². The Morgan fingerprint density at radius 3 is 2.70 bits per heavy atom. The number of nitrogens with one attached hydrogen (secondary N) is 1. The van der Waals surface area contributed by atoms with E-state index in [4.69, 9.17) is 11.6 Å². The number of anilines is 3. The summed E-state index contributed by atoms with van der Waals surface area (Å²) in [5, 5.41) is 3.44. The molecule has 30 heavy (non-hydrogen) atoms. The maximum Gasteiger partial charge on any atom is 0.322 e. The zero-order valence-corrected chi connectivity index (χ0v) is 18.2. The summed E-state index contributed by atoms with van der Waals surface area (Å²) in [5.74, 6) is 0.106. The number of nitrogens with zero attached hydrogens (tertiary/aromatic N) is 3. The van der Waals surface area contributed by atoms with Gasteiger partial charge in [-0.2, -0.15) is 0 Å². The second-order valence-electron chi connectivity index (χ2n) is 8.08. The summed E-state index contributed by atoms with van der Waals surface area (Å²) in [5.41, 5.74) is 3.56. The molecule has 2 heterocycles. The number of halogens is 1. The summed E-state index contributed by atoms with van der Waals surface area (Å²) in [4.78, 5) is 30.9. The van der Waals surface area contributed by atoms with Gasteiger partial charge in [-0.05, 0) is 55.2 Å². The van der Waals surface area contributed by atoms with Gasteiger partial charge in [-0.3, -0.25) is 4.79 Å². The Balaban J connectivity index is 1.53. The van der Waals surface area contributed by atoms with Gasteiger partial charge in [-0.25, -0.2) is 4.79 Å². The van der Waals surface area contributed by atoms with Crippen molar-refractivity contribution < 1.29 is 9.59 Å². The highest BCUT2D eigenvalue weighted by molar-refractivity contribution is 6.33. The minimum Gasteiger partial charge on any atom is -0.378 e. The molecule has 158 valence electrons. The van der Waals surface area contributed by atoms with Gasteiger partial charge in [0, 0.05) is 45.0 Å². The van der Waals surface area contributed by atoms with Crippen LogP contribution < -0.4 is 15.1 Å². The van der Waals surface area contributed by atoms with Gasteiger partial charge in [-0.1, -0.05) is 23.7 Å². The highest BCUT2D eigenvalue weighted by Gasteiger charge is 2.31. The highest BCUT2D eigenvalue weighted by Crippen LogP contribution is 2.35. The number of carbonyl (C=O) groups is 2. The Hall–Kier alpha value is -2.73. The summed E-state index contributed by atoms with van der Waals surface area (Å²) in [6.45, 7) is 1.40. The van der Waals surface area contributed by atoms with Crippen LogP contribution in [0.1, 0.15) is 37.3 Å². The maximum atomic E-state index is 13.1. The molecule has 1 unspecified atom stereocenters. The van der Waals surface area contributed by atoms with Crippen LogP contribution in [0, 0.1) is 0 Å². The first-order valence-corrected chi connectivity index (χ1v) is 10.8. The zero-order valence-electron chi connectivity index (χ0n) is 17.4. The first-order chi connectivity index (χ1) is 14.4. The monoisotopic (exact) mass is 426 g/mol. The summed E-state index contributed by atoms with van der Waals surface area (Å²) in [7, 11) is 4.02. The van der Waals surface area contributed by atoms with E-state index in [1.807, 2.05) is 31.1 Å². The third-order valence-electron chi connectivity index (χ3n) is 5.86. The van der Waals surface area contributed by atoms with E-state index >= 15 is 0 Å². The van der Waals surface area contributed by atoms with E-state index in [0.29, 0.717) is 30.2 Å². The van der Waals surface area contributed by atoms with Crippen molar-refractivity contribution in [3.63, 3.8) is 0 Å². The second-order valence-corrected chi connectivity index (χ2v) is 8.49. The van der Waals surface area contributed by atoms with Crippen molar-refractivity contribution in [2.45, 2.75) is 31.7 Å². The molecule has 2 fully saturated rings. The maximum absolute atomic E-state index is 13.1. The molecule has 0 aromatic heterocycles. The van der Waals surface area contributed by atoms with E-state index in [9.17, 15) is 9.59 Å². The molecule has 2 aromatic rings. The molecular formula is C23H27ClN4O2. The number of hydrogen-bond acceptors (Lipinski definition) is 3. The first-order valence-electron chi connectivity index (χ1n) is 10.4. The van der Waals surface area contributed by atoms with Crippen LogP contribution >= 0.6 is 11.6 Å². The molecular weight excluding hydrogens is 400 g/mol. The van der Waals surface area contributed by atoms with Crippen LogP contribution in [0.3, 0.4) is 0 Å². The molecule has 2 aromatic carbocycles. The molecule has 1 N–H and O–H groups in total. The number of likely N-dealkylation sites (tertiary alicyclic amines) is 1. The SMILES string of the molecule is CN(C)c1cccc(C2CCCN2C(=O)Nc2cc(N3CCCC3=O)ccc2Cl)c1. The molecule has 3 amide bonds. The Kier molecular flexibility index (Phi) is 5.86. The van der Waals surface area contributed by atoms with E-state index in [2.05, 4.69) is 28.4 Å². The Bertz CT molecular complexity index is 962. The molecule has 7 heteroatoms. The largest absolute Gasteiger partial charge is 0.378 e. The van der Waals surface area contributed by atoms with Crippen LogP contribution in [0.5, 0.6) is 0 Å². The third kappa shape index (κ3) is 4.10. The number of amides is 3. The number of urea groups is 1. The van der Waals surface area contributed by atoms with E-state index in [0.717, 1.165) is 36.2 Å². The molecule has 2 saturated heterocycles. The summed E-state index contributed by atoms with van der Waals surface area (Å²) in [6.07, 6.45) is 3.30. The fraction of sp³-hybridized carbons (Fsp3) is 0.391. The van der Waals surface area contributed by atoms with Gasteiger partial charge in [0.05, 0.1) is 16.8 Å². The van der Waals surface area contributed by atoms with Gasteiger partial charge < -0.3 is 20.0 Å². The highest BCUT2D eigenvalue weighted by atomic mass is 35.5. The number of hydrogen-bond donors (Lipinski definition) is 1. The molecule has 0 aliphatic carbocycles. The van der Waals surface area contributed by atoms with Crippen molar-refractivity contribution >= 4 is 40.6 Å². The average Bonchev–Trinajstić information content (AvgIpc) is 3.39. The molecule has 2 aliphatic heterocycles. The van der Waals surface area contributed by atoms with Crippen molar-refractivity contribution in [3.8, 4) is 0 Å². The first kappa shape index (κ1) is 20.5. The minimum atomic E-state index is -0.167. The normalized spacial score (nSPS) is 18.8. The van der Waals surface area contributed by atoms with Crippen molar-refractivity contribution in [3.05, 3.63) is 53.1 Å². The van der Waals surface area contributed by atoms with Crippen LogP contribution in [0.4, 0.5) is 21.9 Å². The lowest BCUT2D eigenvalue weighted by Gasteiger charge is -2.27. The number of carbonyl (C=O) groups excluding carboxylic acids is 2. The van der Waals surface area contributed by atoms with Crippen LogP contribution in [-0.4, -0.2) is 44.0 Å². The molecule has 0 radical (unpaired) electrons. The lowest BCUT2D eigenvalue weighted by Crippen LogP contribution is -2.34. The third-order valence-corrected chi connectivity index (χ3v) is 6.19. The summed E-state index contributed by atoms with van der Waals surface area (Å²) in [6, 6.07) is 13.5. The Morgan fingerprint density at radius 2 is 1.97 bits per heavy atom. The van der Waals surface area contributed by atoms with Crippen molar-refractivity contribution in [2.24, 2.45) is 0 Å². The minimum absolute atomic E-state index is 0.0343. The number of benzene rings is 2. The zero-order chi connectivity index (χ0) is 21.3. The van der Waals surface area contributed by atoms with Crippen LogP contribution in [0.15, 0.2) is 42.5 Å². The van der Waals surface area contributed by atoms with Crippen LogP contribution in [-0.2, 0) is 4.79 Å². The van der Waals surface area contributed by atoms with Crippen LogP contribution in [0.25, 0.3) is 0 Å². The standard InChI is InChI=1S/C23H27ClN4O2/c1-26(2)17-7-3-6-16(14-17)21-8-4-13-28(21)23(30)25-20-15-18(10-11-19(20)24)27-12-5-9-22(27)29/h3,6-7,10-11,14-15,21H,4-5,8-9,12-13H2,1-2H3,(H,25,30).